The fraction of sp³-hybridized carbons (Fsp3) is 0.0909. The third-order valence-electron chi connectivity index (χ3n) is 2.38. The topological polar surface area (TPSA) is 103 Å². The number of hydrogen-bond acceptors (Lipinski definition) is 5. The summed E-state index contributed by atoms with van der Waals surface area (Å²) in [6.45, 7) is 0. The summed E-state index contributed by atoms with van der Waals surface area (Å²) in [6.07, 6.45) is 1.14. The van der Waals surface area contributed by atoms with Crippen LogP contribution in [0, 0.1) is 11.3 Å². The first-order valence-corrected chi connectivity index (χ1v) is 4.98. The predicted octanol–water partition coefficient (Wildman–Crippen LogP) is -0.227. The van der Waals surface area contributed by atoms with Gasteiger partial charge in [-0.1, -0.05) is 0 Å². The minimum atomic E-state index is -0.492. The Kier molecular flexibility index (Phi) is 2.94. The van der Waals surface area contributed by atoms with Crippen LogP contribution in [0.15, 0.2) is 36.0 Å². The normalized spacial score (nSPS) is 17.8. The molecule has 6 heteroatoms. The Bertz CT molecular complexity index is 500. The highest BCUT2D eigenvalue weighted by Crippen LogP contribution is 2.13. The summed E-state index contributed by atoms with van der Waals surface area (Å²) in [5, 5.41) is 11.7. The molecule has 1 atom stereocenters. The molecule has 0 bridgehead atoms. The van der Waals surface area contributed by atoms with Gasteiger partial charge in [0.25, 0.3) is 0 Å². The lowest BCUT2D eigenvalue weighted by molar-refractivity contribution is -0.114. The molecular formula is C11H11N5O. The van der Waals surface area contributed by atoms with Gasteiger partial charge in [-0.3, -0.25) is 4.79 Å². The molecule has 0 aromatic heterocycles. The molecule has 1 amide bonds. The van der Waals surface area contributed by atoms with E-state index in [4.69, 9.17) is 11.0 Å². The minimum absolute atomic E-state index is 0.375. The van der Waals surface area contributed by atoms with E-state index in [9.17, 15) is 4.79 Å². The molecule has 17 heavy (non-hydrogen) atoms. The van der Waals surface area contributed by atoms with Crippen LogP contribution in [0.2, 0.25) is 0 Å². The van der Waals surface area contributed by atoms with Crippen molar-refractivity contribution in [2.75, 3.05) is 5.32 Å². The maximum absolute atomic E-state index is 11.1. The number of primary amides is 1. The number of nitriles is 1. The zero-order valence-corrected chi connectivity index (χ0v) is 8.90. The molecule has 0 aliphatic carbocycles. The van der Waals surface area contributed by atoms with Crippen molar-refractivity contribution < 1.29 is 4.79 Å². The molecule has 1 aromatic carbocycles. The van der Waals surface area contributed by atoms with E-state index in [-0.39, 0.29) is 6.17 Å². The maximum atomic E-state index is 11.1. The molecule has 1 aliphatic heterocycles. The number of benzene rings is 1. The largest absolute Gasteiger partial charge is 0.366 e. The van der Waals surface area contributed by atoms with Gasteiger partial charge in [-0.15, -0.1) is 0 Å². The number of amides is 1. The minimum Gasteiger partial charge on any atom is -0.366 e. The molecule has 5 N–H and O–H groups in total. The van der Waals surface area contributed by atoms with Crippen molar-refractivity contribution in [3.63, 3.8) is 0 Å². The molecule has 0 radical (unpaired) electrons. The lowest BCUT2D eigenvalue weighted by Crippen LogP contribution is -2.40. The number of hydrazine groups is 1. The van der Waals surface area contributed by atoms with Gasteiger partial charge in [0.1, 0.15) is 6.17 Å². The van der Waals surface area contributed by atoms with E-state index in [1.165, 1.54) is 6.20 Å². The SMILES string of the molecule is N#Cc1ccc(NC2NNC=C2C(N)=O)cc1. The molecule has 1 aromatic rings. The van der Waals surface area contributed by atoms with Gasteiger partial charge in [0, 0.05) is 11.9 Å². The Hall–Kier alpha value is -2.52. The Morgan fingerprint density at radius 2 is 2.12 bits per heavy atom. The van der Waals surface area contributed by atoms with Crippen LogP contribution in [0.25, 0.3) is 0 Å². The van der Waals surface area contributed by atoms with Crippen molar-refractivity contribution in [2.24, 2.45) is 5.73 Å². The molecule has 0 saturated heterocycles. The lowest BCUT2D eigenvalue weighted by Gasteiger charge is -2.16. The maximum Gasteiger partial charge on any atom is 0.249 e. The first kappa shape index (κ1) is 11.0. The van der Waals surface area contributed by atoms with Crippen LogP contribution < -0.4 is 21.9 Å². The summed E-state index contributed by atoms with van der Waals surface area (Å²) >= 11 is 0. The molecule has 0 saturated carbocycles. The van der Waals surface area contributed by atoms with Crippen molar-refractivity contribution in [3.05, 3.63) is 41.6 Å². The number of nitrogens with zero attached hydrogens (tertiary/aromatic N) is 1. The van der Waals surface area contributed by atoms with Crippen LogP contribution in [0.1, 0.15) is 5.56 Å². The van der Waals surface area contributed by atoms with Gasteiger partial charge >= 0.3 is 0 Å². The first-order chi connectivity index (χ1) is 8.20. The summed E-state index contributed by atoms with van der Waals surface area (Å²) in [6, 6.07) is 8.94. The van der Waals surface area contributed by atoms with Crippen LogP contribution in [-0.2, 0) is 4.79 Å². The van der Waals surface area contributed by atoms with E-state index >= 15 is 0 Å². The van der Waals surface area contributed by atoms with Crippen LogP contribution in [0.3, 0.4) is 0 Å². The zero-order chi connectivity index (χ0) is 12.3. The van der Waals surface area contributed by atoms with Gasteiger partial charge in [-0.25, -0.2) is 5.43 Å². The van der Waals surface area contributed by atoms with E-state index < -0.39 is 5.91 Å². The second kappa shape index (κ2) is 4.55. The van der Waals surface area contributed by atoms with E-state index in [0.717, 1.165) is 5.69 Å². The van der Waals surface area contributed by atoms with Gasteiger partial charge in [-0.05, 0) is 24.3 Å². The lowest BCUT2D eigenvalue weighted by atomic mass is 10.2. The number of rotatable bonds is 3. The van der Waals surface area contributed by atoms with E-state index in [2.05, 4.69) is 16.2 Å². The zero-order valence-electron chi connectivity index (χ0n) is 8.90. The quantitative estimate of drug-likeness (QED) is 0.573. The van der Waals surface area contributed by atoms with Crippen molar-refractivity contribution in [3.8, 4) is 6.07 Å². The number of anilines is 1. The molecule has 6 nitrogen and oxygen atoms in total. The van der Waals surface area contributed by atoms with Crippen molar-refractivity contribution in [1.82, 2.24) is 10.9 Å². The number of nitrogens with two attached hydrogens (primary N) is 1. The Morgan fingerprint density at radius 3 is 2.71 bits per heavy atom. The fourth-order valence-corrected chi connectivity index (χ4v) is 1.50. The van der Waals surface area contributed by atoms with E-state index in [1.54, 1.807) is 24.3 Å². The van der Waals surface area contributed by atoms with Crippen molar-refractivity contribution in [2.45, 2.75) is 6.17 Å². The Morgan fingerprint density at radius 1 is 1.41 bits per heavy atom. The average Bonchev–Trinajstić information content (AvgIpc) is 2.78. The Balaban J connectivity index is 2.08. The molecule has 1 aliphatic rings. The molecular weight excluding hydrogens is 218 g/mol. The summed E-state index contributed by atoms with van der Waals surface area (Å²) in [4.78, 5) is 11.1. The van der Waals surface area contributed by atoms with Crippen molar-refractivity contribution >= 4 is 11.6 Å². The molecule has 0 fully saturated rings. The van der Waals surface area contributed by atoms with Crippen LogP contribution in [-0.4, -0.2) is 12.1 Å². The van der Waals surface area contributed by atoms with Crippen LogP contribution in [0.4, 0.5) is 5.69 Å². The standard InChI is InChI=1S/C11H11N5O/c12-5-7-1-3-8(4-2-7)15-11-9(10(13)17)6-14-16-11/h1-4,6,11,14-16H,(H2,13,17). The number of hydrogen-bond donors (Lipinski definition) is 4. The van der Waals surface area contributed by atoms with E-state index in [1.807, 2.05) is 6.07 Å². The van der Waals surface area contributed by atoms with Gasteiger partial charge < -0.3 is 16.5 Å². The predicted molar refractivity (Wildman–Crippen MR) is 62.1 cm³/mol. The third kappa shape index (κ3) is 2.35. The Labute approximate surface area is 98.1 Å². The highest BCUT2D eigenvalue weighted by molar-refractivity contribution is 5.94. The second-order valence-corrected chi connectivity index (χ2v) is 3.52. The number of carbonyl (C=O) groups excluding carboxylic acids is 1. The molecule has 2 rings (SSSR count). The monoisotopic (exact) mass is 229 g/mol. The summed E-state index contributed by atoms with van der Waals surface area (Å²) in [5.41, 5.74) is 12.6. The van der Waals surface area contributed by atoms with Crippen LogP contribution in [0.5, 0.6) is 0 Å². The third-order valence-corrected chi connectivity index (χ3v) is 2.38. The van der Waals surface area contributed by atoms with Crippen LogP contribution >= 0.6 is 0 Å². The smallest absolute Gasteiger partial charge is 0.249 e. The molecule has 86 valence electrons. The summed E-state index contributed by atoms with van der Waals surface area (Å²) in [7, 11) is 0. The molecule has 1 heterocycles. The fourth-order valence-electron chi connectivity index (χ4n) is 1.50. The highest BCUT2D eigenvalue weighted by Gasteiger charge is 2.22. The van der Waals surface area contributed by atoms with Crippen molar-refractivity contribution in [1.29, 1.82) is 5.26 Å². The summed E-state index contributed by atoms with van der Waals surface area (Å²) in [5.74, 6) is -0.492. The molecule has 0 spiro atoms. The average molecular weight is 229 g/mol. The molecule has 1 unspecified atom stereocenters. The van der Waals surface area contributed by atoms with Gasteiger partial charge in [-0.2, -0.15) is 5.26 Å². The number of nitrogens with one attached hydrogen (secondary N) is 3. The van der Waals surface area contributed by atoms with Gasteiger partial charge in [0.2, 0.25) is 5.91 Å². The van der Waals surface area contributed by atoms with E-state index in [0.29, 0.717) is 11.1 Å². The van der Waals surface area contributed by atoms with Gasteiger partial charge in [0.15, 0.2) is 0 Å². The van der Waals surface area contributed by atoms with Gasteiger partial charge in [0.05, 0.1) is 17.2 Å². The second-order valence-electron chi connectivity index (χ2n) is 3.52. The summed E-state index contributed by atoms with van der Waals surface area (Å²) < 4.78 is 0. The first-order valence-electron chi connectivity index (χ1n) is 4.98. The highest BCUT2D eigenvalue weighted by atomic mass is 16.1. The number of carbonyl (C=O) groups is 1.